The van der Waals surface area contributed by atoms with Gasteiger partial charge in [-0.3, -0.25) is 9.48 Å². The predicted molar refractivity (Wildman–Crippen MR) is 146 cm³/mol. The number of aryl methyl sites for hydroxylation is 1. The van der Waals surface area contributed by atoms with E-state index in [1.807, 2.05) is 26.1 Å². The van der Waals surface area contributed by atoms with Crippen LogP contribution < -0.4 is 0 Å². The highest BCUT2D eigenvalue weighted by atomic mass is 19.1. The number of halogens is 1. The second kappa shape index (κ2) is 10.0. The van der Waals surface area contributed by atoms with Crippen LogP contribution in [0.3, 0.4) is 0 Å². The van der Waals surface area contributed by atoms with Gasteiger partial charge in [-0.2, -0.15) is 5.10 Å². The lowest BCUT2D eigenvalue weighted by atomic mass is 9.95. The summed E-state index contributed by atoms with van der Waals surface area (Å²) in [5.41, 5.74) is 3.07. The maximum absolute atomic E-state index is 16.0. The second-order valence-electron chi connectivity index (χ2n) is 11.0. The van der Waals surface area contributed by atoms with Crippen molar-refractivity contribution in [3.63, 3.8) is 0 Å². The summed E-state index contributed by atoms with van der Waals surface area (Å²) >= 11 is 0. The zero-order valence-corrected chi connectivity index (χ0v) is 22.7. The second-order valence-corrected chi connectivity index (χ2v) is 11.0. The van der Waals surface area contributed by atoms with E-state index >= 15 is 4.39 Å². The molecule has 4 aromatic rings. The maximum Gasteiger partial charge on any atom is 0.339 e. The number of aromatic carboxylic acids is 1. The number of aromatic nitrogens is 5. The topological polar surface area (TPSA) is 106 Å². The molecule has 1 saturated carbocycles. The molecule has 4 atom stereocenters. The van der Waals surface area contributed by atoms with E-state index < -0.39 is 11.8 Å². The zero-order valence-electron chi connectivity index (χ0n) is 22.7. The molecule has 2 aliphatic rings. The molecule has 2 aromatic carbocycles. The lowest BCUT2D eigenvalue weighted by Crippen LogP contribution is -2.47. The molecule has 0 radical (unpaired) electrons. The van der Waals surface area contributed by atoms with E-state index in [4.69, 9.17) is 0 Å². The van der Waals surface area contributed by atoms with E-state index in [9.17, 15) is 14.7 Å². The Morgan fingerprint density at radius 3 is 2.48 bits per heavy atom. The van der Waals surface area contributed by atoms with Gasteiger partial charge in [-0.1, -0.05) is 29.5 Å². The molecular weight excluding hydrogens is 511 g/mol. The first-order chi connectivity index (χ1) is 19.2. The van der Waals surface area contributed by atoms with Crippen LogP contribution in [0.1, 0.15) is 83.5 Å². The summed E-state index contributed by atoms with van der Waals surface area (Å²) in [7, 11) is 1.79. The molecule has 1 aliphatic heterocycles. The highest BCUT2D eigenvalue weighted by Gasteiger charge is 2.46. The number of carbonyl (C=O) groups excluding carboxylic acids is 1. The molecule has 10 heteroatoms. The van der Waals surface area contributed by atoms with Gasteiger partial charge in [0.1, 0.15) is 11.4 Å². The minimum absolute atomic E-state index is 0.0464. The molecule has 40 heavy (non-hydrogen) atoms. The number of benzene rings is 2. The van der Waals surface area contributed by atoms with Crippen LogP contribution in [0.5, 0.6) is 0 Å². The van der Waals surface area contributed by atoms with Gasteiger partial charge < -0.3 is 10.0 Å². The number of likely N-dealkylation sites (tertiary alicyclic amines) is 1. The first-order valence-corrected chi connectivity index (χ1v) is 13.6. The first kappa shape index (κ1) is 25.9. The Balaban J connectivity index is 1.36. The number of nitrogens with zero attached hydrogens (tertiary/aromatic N) is 6. The number of hydrogen-bond donors (Lipinski definition) is 1. The minimum atomic E-state index is -1.05. The van der Waals surface area contributed by atoms with Crippen molar-refractivity contribution in [2.45, 2.75) is 63.5 Å². The van der Waals surface area contributed by atoms with E-state index in [0.29, 0.717) is 22.5 Å². The molecular formula is C30H31FN6O3. The zero-order chi connectivity index (χ0) is 28.1. The number of carboxylic acid groups (broad SMARTS) is 1. The molecule has 0 bridgehead atoms. The molecule has 6 rings (SSSR count). The van der Waals surface area contributed by atoms with Crippen molar-refractivity contribution >= 4 is 11.9 Å². The van der Waals surface area contributed by atoms with Gasteiger partial charge in [0.2, 0.25) is 0 Å². The Labute approximate surface area is 231 Å². The smallest absolute Gasteiger partial charge is 0.339 e. The van der Waals surface area contributed by atoms with E-state index in [2.05, 4.69) is 15.4 Å². The first-order valence-electron chi connectivity index (χ1n) is 13.6. The van der Waals surface area contributed by atoms with E-state index in [1.54, 1.807) is 57.7 Å². The summed E-state index contributed by atoms with van der Waals surface area (Å²) in [5.74, 6) is -1.95. The summed E-state index contributed by atoms with van der Waals surface area (Å²) in [5, 5.41) is 22.5. The monoisotopic (exact) mass is 542 g/mol. The van der Waals surface area contributed by atoms with Crippen molar-refractivity contribution in [3.8, 4) is 16.8 Å². The molecule has 3 heterocycles. The number of hydrogen-bond acceptors (Lipinski definition) is 5. The third-order valence-corrected chi connectivity index (χ3v) is 8.24. The van der Waals surface area contributed by atoms with Crippen LogP contribution in [0.4, 0.5) is 4.39 Å². The van der Waals surface area contributed by atoms with Crippen LogP contribution >= 0.6 is 0 Å². The van der Waals surface area contributed by atoms with Crippen molar-refractivity contribution in [2.75, 3.05) is 0 Å². The van der Waals surface area contributed by atoms with Crippen LogP contribution in [0.15, 0.2) is 54.9 Å². The lowest BCUT2D eigenvalue weighted by molar-refractivity contribution is 0.0505. The molecule has 1 N–H and O–H groups in total. The van der Waals surface area contributed by atoms with Gasteiger partial charge in [0.15, 0.2) is 0 Å². The molecule has 2 fully saturated rings. The summed E-state index contributed by atoms with van der Waals surface area (Å²) in [6, 6.07) is 12.2. The SMILES string of the molecule is C[C@@H]1CCC[C@H](C)N1C(=O)c1cccc(-c2cccc(-n3ncc(C(=O)O)c3[C@@H]3C[C@H]3c3cn(C)nn3)c2)c1F. The molecule has 1 amide bonds. The Kier molecular flexibility index (Phi) is 6.48. The number of piperidine rings is 1. The Hall–Kier alpha value is -4.34. The maximum atomic E-state index is 16.0. The fourth-order valence-electron chi connectivity index (χ4n) is 6.13. The van der Waals surface area contributed by atoms with Crippen molar-refractivity contribution in [1.29, 1.82) is 0 Å². The van der Waals surface area contributed by atoms with Crippen molar-refractivity contribution in [3.05, 3.63) is 83.2 Å². The van der Waals surface area contributed by atoms with Gasteiger partial charge in [-0.25, -0.2) is 13.9 Å². The number of rotatable bonds is 6. The summed E-state index contributed by atoms with van der Waals surface area (Å²) in [4.78, 5) is 27.3. The minimum Gasteiger partial charge on any atom is -0.478 e. The highest BCUT2D eigenvalue weighted by Crippen LogP contribution is 2.55. The van der Waals surface area contributed by atoms with Gasteiger partial charge in [0.05, 0.1) is 28.8 Å². The van der Waals surface area contributed by atoms with Crippen LogP contribution in [-0.4, -0.2) is 58.7 Å². The highest BCUT2D eigenvalue weighted by molar-refractivity contribution is 5.96. The quantitative estimate of drug-likeness (QED) is 0.360. The van der Waals surface area contributed by atoms with Crippen LogP contribution in [-0.2, 0) is 7.05 Å². The molecule has 2 aromatic heterocycles. The van der Waals surface area contributed by atoms with Gasteiger partial charge in [0, 0.05) is 42.7 Å². The number of carbonyl (C=O) groups is 2. The van der Waals surface area contributed by atoms with Crippen LogP contribution in [0.2, 0.25) is 0 Å². The van der Waals surface area contributed by atoms with Gasteiger partial charge >= 0.3 is 5.97 Å². The van der Waals surface area contributed by atoms with Gasteiger partial charge in [-0.15, -0.1) is 5.10 Å². The summed E-state index contributed by atoms with van der Waals surface area (Å²) in [6.07, 6.45) is 6.80. The molecule has 0 unspecified atom stereocenters. The van der Waals surface area contributed by atoms with Crippen LogP contribution in [0.25, 0.3) is 16.8 Å². The average Bonchev–Trinajstić information content (AvgIpc) is 3.37. The third-order valence-electron chi connectivity index (χ3n) is 8.24. The Morgan fingerprint density at radius 2 is 1.77 bits per heavy atom. The lowest BCUT2D eigenvalue weighted by Gasteiger charge is -2.39. The molecule has 9 nitrogen and oxygen atoms in total. The van der Waals surface area contributed by atoms with Crippen molar-refractivity contribution in [1.82, 2.24) is 29.7 Å². The molecule has 0 spiro atoms. The van der Waals surface area contributed by atoms with E-state index in [1.165, 1.54) is 6.20 Å². The fourth-order valence-corrected chi connectivity index (χ4v) is 6.13. The average molecular weight is 543 g/mol. The number of amides is 1. The Morgan fingerprint density at radius 1 is 1.02 bits per heavy atom. The predicted octanol–water partition coefficient (Wildman–Crippen LogP) is 5.18. The molecule has 206 valence electrons. The summed E-state index contributed by atoms with van der Waals surface area (Å²) < 4.78 is 19.2. The number of carboxylic acids is 1. The fraction of sp³-hybridized carbons (Fsp3) is 0.367. The van der Waals surface area contributed by atoms with Crippen molar-refractivity contribution < 1.29 is 19.1 Å². The molecule has 1 aliphatic carbocycles. The van der Waals surface area contributed by atoms with Gasteiger partial charge in [-0.05, 0) is 63.3 Å². The van der Waals surface area contributed by atoms with Crippen molar-refractivity contribution in [2.24, 2.45) is 7.05 Å². The largest absolute Gasteiger partial charge is 0.478 e. The molecule has 1 saturated heterocycles. The van der Waals surface area contributed by atoms with E-state index in [0.717, 1.165) is 31.4 Å². The van der Waals surface area contributed by atoms with E-state index in [-0.39, 0.29) is 41.0 Å². The standard InChI is InChI=1S/C30H31FN6O3/c1-17-7-4-8-18(2)36(17)29(38)22-12-6-11-21(27(22)31)19-9-5-10-20(13-19)37-28(25(15-32-37)30(39)40)24-14-23(24)26-16-35(3)34-33-26/h5-6,9-13,15-18,23-24H,4,7-8,14H2,1-3H3,(H,39,40)/t17-,18+,23-,24-/m1/s1. The normalized spacial score (nSPS) is 22.4. The third kappa shape index (κ3) is 4.47. The van der Waals surface area contributed by atoms with Gasteiger partial charge in [0.25, 0.3) is 5.91 Å². The van der Waals surface area contributed by atoms with Crippen LogP contribution in [0, 0.1) is 5.82 Å². The Bertz CT molecular complexity index is 1600. The summed E-state index contributed by atoms with van der Waals surface area (Å²) in [6.45, 7) is 4.03.